The van der Waals surface area contributed by atoms with E-state index in [0.717, 1.165) is 11.3 Å². The molecule has 2 aromatic carbocycles. The Hall–Kier alpha value is -2.01. The number of sulfonamides is 1. The van der Waals surface area contributed by atoms with Crippen LogP contribution in [0.25, 0.3) is 0 Å². The molecule has 2 aromatic rings. The topological polar surface area (TPSA) is 58.2 Å². The largest absolute Gasteiger partial charge is 0.380 e. The van der Waals surface area contributed by atoms with Crippen molar-refractivity contribution < 1.29 is 8.42 Å². The lowest BCUT2D eigenvalue weighted by molar-refractivity contribution is 0.601. The molecule has 0 aliphatic rings. The highest BCUT2D eigenvalue weighted by Crippen LogP contribution is 2.20. The van der Waals surface area contributed by atoms with E-state index in [1.165, 1.54) is 0 Å². The third-order valence-electron chi connectivity index (χ3n) is 2.99. The van der Waals surface area contributed by atoms with Crippen molar-refractivity contribution in [3.8, 4) is 0 Å². The first-order chi connectivity index (χ1) is 10.2. The molecule has 2 N–H and O–H groups in total. The van der Waals surface area contributed by atoms with Gasteiger partial charge in [-0.3, -0.25) is 4.72 Å². The lowest BCUT2D eigenvalue weighted by Gasteiger charge is -2.22. The van der Waals surface area contributed by atoms with Gasteiger partial charge in [-0.25, -0.2) is 8.42 Å². The minimum absolute atomic E-state index is 0.0388. The van der Waals surface area contributed by atoms with Gasteiger partial charge in [0.05, 0.1) is 4.90 Å². The number of hydrogen-bond acceptors (Lipinski definition) is 3. The van der Waals surface area contributed by atoms with Crippen LogP contribution in [0.15, 0.2) is 53.4 Å². The predicted octanol–water partition coefficient (Wildman–Crippen LogP) is 4.01. The first-order valence-electron chi connectivity index (χ1n) is 7.13. The number of rotatable bonds is 4. The van der Waals surface area contributed by atoms with Gasteiger partial charge in [-0.05, 0) is 64.1 Å². The van der Waals surface area contributed by atoms with Crippen molar-refractivity contribution in [1.82, 2.24) is 0 Å². The SMILES string of the molecule is Cc1ccc(S(=O)(=O)Nc2ccc(NC(C)(C)C)cc2)cc1. The Kier molecular flexibility index (Phi) is 4.47. The molecule has 0 saturated heterocycles. The fraction of sp³-hybridized carbons (Fsp3) is 0.294. The van der Waals surface area contributed by atoms with Crippen LogP contribution in [-0.2, 0) is 10.0 Å². The van der Waals surface area contributed by atoms with E-state index in [9.17, 15) is 8.42 Å². The highest BCUT2D eigenvalue weighted by Gasteiger charge is 2.14. The summed E-state index contributed by atoms with van der Waals surface area (Å²) < 4.78 is 27.2. The molecule has 0 saturated carbocycles. The molecule has 2 rings (SSSR count). The van der Waals surface area contributed by atoms with Crippen LogP contribution in [0.4, 0.5) is 11.4 Å². The molecule has 0 atom stereocenters. The molecule has 118 valence electrons. The summed E-state index contributed by atoms with van der Waals surface area (Å²) in [7, 11) is -3.55. The van der Waals surface area contributed by atoms with E-state index in [4.69, 9.17) is 0 Å². The highest BCUT2D eigenvalue weighted by molar-refractivity contribution is 7.92. The molecule has 0 aromatic heterocycles. The molecular formula is C17H22N2O2S. The molecule has 4 nitrogen and oxygen atoms in total. The summed E-state index contributed by atoms with van der Waals surface area (Å²) in [6.07, 6.45) is 0. The summed E-state index contributed by atoms with van der Waals surface area (Å²) in [6.45, 7) is 8.13. The average Bonchev–Trinajstić information content (AvgIpc) is 2.39. The quantitative estimate of drug-likeness (QED) is 0.895. The summed E-state index contributed by atoms with van der Waals surface area (Å²) >= 11 is 0. The summed E-state index contributed by atoms with van der Waals surface area (Å²) in [5.74, 6) is 0. The zero-order chi connectivity index (χ0) is 16.4. The second-order valence-corrected chi connectivity index (χ2v) is 8.05. The third-order valence-corrected chi connectivity index (χ3v) is 4.38. The van der Waals surface area contributed by atoms with Crippen molar-refractivity contribution >= 4 is 21.4 Å². The van der Waals surface area contributed by atoms with Crippen LogP contribution in [0.2, 0.25) is 0 Å². The van der Waals surface area contributed by atoms with Gasteiger partial charge in [-0.1, -0.05) is 17.7 Å². The Morgan fingerprint density at radius 2 is 1.32 bits per heavy atom. The van der Waals surface area contributed by atoms with E-state index < -0.39 is 10.0 Å². The average molecular weight is 318 g/mol. The molecule has 0 bridgehead atoms. The van der Waals surface area contributed by atoms with Gasteiger partial charge >= 0.3 is 0 Å². The van der Waals surface area contributed by atoms with E-state index in [2.05, 4.69) is 30.8 Å². The van der Waals surface area contributed by atoms with Gasteiger partial charge in [-0.15, -0.1) is 0 Å². The molecular weight excluding hydrogens is 296 g/mol. The van der Waals surface area contributed by atoms with E-state index in [1.54, 1.807) is 36.4 Å². The van der Waals surface area contributed by atoms with Crippen LogP contribution in [0.5, 0.6) is 0 Å². The predicted molar refractivity (Wildman–Crippen MR) is 91.8 cm³/mol. The maximum Gasteiger partial charge on any atom is 0.261 e. The highest BCUT2D eigenvalue weighted by atomic mass is 32.2. The smallest absolute Gasteiger partial charge is 0.261 e. The lowest BCUT2D eigenvalue weighted by Crippen LogP contribution is -2.25. The molecule has 0 aliphatic carbocycles. The molecule has 22 heavy (non-hydrogen) atoms. The second kappa shape index (κ2) is 6.01. The second-order valence-electron chi connectivity index (χ2n) is 6.37. The van der Waals surface area contributed by atoms with E-state index in [0.29, 0.717) is 5.69 Å². The van der Waals surface area contributed by atoms with Gasteiger partial charge in [0.2, 0.25) is 0 Å². The van der Waals surface area contributed by atoms with Crippen LogP contribution in [0.3, 0.4) is 0 Å². The van der Waals surface area contributed by atoms with Crippen molar-refractivity contribution in [3.05, 3.63) is 54.1 Å². The number of benzene rings is 2. The zero-order valence-corrected chi connectivity index (χ0v) is 14.2. The van der Waals surface area contributed by atoms with Gasteiger partial charge in [0.1, 0.15) is 0 Å². The first kappa shape index (κ1) is 16.4. The molecule has 5 heteroatoms. The Balaban J connectivity index is 2.14. The number of aryl methyl sites for hydroxylation is 1. The molecule has 0 spiro atoms. The molecule has 0 heterocycles. The Morgan fingerprint density at radius 1 is 0.818 bits per heavy atom. The van der Waals surface area contributed by atoms with Gasteiger partial charge < -0.3 is 5.32 Å². The van der Waals surface area contributed by atoms with Crippen LogP contribution in [-0.4, -0.2) is 14.0 Å². The molecule has 0 unspecified atom stereocenters. The maximum atomic E-state index is 12.3. The number of anilines is 2. The lowest BCUT2D eigenvalue weighted by atomic mass is 10.1. The number of hydrogen-bond donors (Lipinski definition) is 2. The Morgan fingerprint density at radius 3 is 1.82 bits per heavy atom. The van der Waals surface area contributed by atoms with E-state index >= 15 is 0 Å². The fourth-order valence-corrected chi connectivity index (χ4v) is 3.04. The third kappa shape index (κ3) is 4.49. The fourth-order valence-electron chi connectivity index (χ4n) is 1.99. The Labute approximate surface area is 132 Å². The van der Waals surface area contributed by atoms with Crippen molar-refractivity contribution in [1.29, 1.82) is 0 Å². The maximum absolute atomic E-state index is 12.3. The van der Waals surface area contributed by atoms with E-state index in [-0.39, 0.29) is 10.4 Å². The standard InChI is InChI=1S/C17H22N2O2S/c1-13-5-11-16(12-6-13)22(20,21)19-15-9-7-14(8-10-15)18-17(2,3)4/h5-12,18-19H,1-4H3. The molecule has 0 fully saturated rings. The molecule has 0 radical (unpaired) electrons. The van der Waals surface area contributed by atoms with Gasteiger partial charge in [0.25, 0.3) is 10.0 Å². The van der Waals surface area contributed by atoms with Crippen molar-refractivity contribution in [2.24, 2.45) is 0 Å². The van der Waals surface area contributed by atoms with Crippen LogP contribution in [0, 0.1) is 6.92 Å². The number of nitrogens with one attached hydrogen (secondary N) is 2. The minimum Gasteiger partial charge on any atom is -0.380 e. The Bertz CT molecular complexity index is 728. The van der Waals surface area contributed by atoms with Crippen LogP contribution in [0.1, 0.15) is 26.3 Å². The van der Waals surface area contributed by atoms with Gasteiger partial charge in [0.15, 0.2) is 0 Å². The summed E-state index contributed by atoms with van der Waals surface area (Å²) in [6, 6.07) is 14.0. The zero-order valence-electron chi connectivity index (χ0n) is 13.3. The van der Waals surface area contributed by atoms with Gasteiger partial charge in [0, 0.05) is 16.9 Å². The summed E-state index contributed by atoms with van der Waals surface area (Å²) in [5, 5.41) is 3.33. The van der Waals surface area contributed by atoms with Crippen LogP contribution < -0.4 is 10.0 Å². The normalized spacial score (nSPS) is 12.0. The van der Waals surface area contributed by atoms with Crippen LogP contribution >= 0.6 is 0 Å². The van der Waals surface area contributed by atoms with Crippen molar-refractivity contribution in [2.45, 2.75) is 38.1 Å². The summed E-state index contributed by atoms with van der Waals surface area (Å²) in [5.41, 5.74) is 2.48. The van der Waals surface area contributed by atoms with Crippen molar-refractivity contribution in [3.63, 3.8) is 0 Å². The minimum atomic E-state index is -3.55. The molecule has 0 amide bonds. The summed E-state index contributed by atoms with van der Waals surface area (Å²) in [4.78, 5) is 0.259. The monoisotopic (exact) mass is 318 g/mol. The first-order valence-corrected chi connectivity index (χ1v) is 8.62. The molecule has 0 aliphatic heterocycles. The van der Waals surface area contributed by atoms with Gasteiger partial charge in [-0.2, -0.15) is 0 Å². The van der Waals surface area contributed by atoms with Crippen molar-refractivity contribution in [2.75, 3.05) is 10.0 Å². The van der Waals surface area contributed by atoms with E-state index in [1.807, 2.05) is 19.1 Å².